The molecule has 0 amide bonds. The van der Waals surface area contributed by atoms with Crippen LogP contribution in [0.3, 0.4) is 0 Å². The van der Waals surface area contributed by atoms with Gasteiger partial charge in [0.1, 0.15) is 5.82 Å². The van der Waals surface area contributed by atoms with Crippen LogP contribution >= 0.6 is 11.8 Å². The van der Waals surface area contributed by atoms with Crippen LogP contribution in [-0.4, -0.2) is 5.75 Å². The van der Waals surface area contributed by atoms with Crippen LogP contribution in [0.1, 0.15) is 5.56 Å². The van der Waals surface area contributed by atoms with E-state index < -0.39 is 0 Å². The number of benzene rings is 2. The molecule has 1 radical (unpaired) electrons. The van der Waals surface area contributed by atoms with Crippen LogP contribution in [0.2, 0.25) is 0 Å². The summed E-state index contributed by atoms with van der Waals surface area (Å²) in [4.78, 5) is 0.703. The van der Waals surface area contributed by atoms with Crippen molar-refractivity contribution in [2.24, 2.45) is 0 Å². The molecule has 0 aromatic heterocycles. The average Bonchev–Trinajstić information content (AvgIpc) is 2.33. The molecule has 2 aromatic carbocycles. The van der Waals surface area contributed by atoms with E-state index in [0.717, 1.165) is 12.2 Å². The van der Waals surface area contributed by atoms with E-state index >= 15 is 0 Å². The third kappa shape index (κ3) is 3.11. The molecule has 0 bridgehead atoms. The van der Waals surface area contributed by atoms with Crippen LogP contribution in [-0.2, 0) is 6.42 Å². The van der Waals surface area contributed by atoms with E-state index in [9.17, 15) is 4.39 Å². The second-order valence-corrected chi connectivity index (χ2v) is 4.58. The van der Waals surface area contributed by atoms with E-state index in [1.54, 1.807) is 23.9 Å². The summed E-state index contributed by atoms with van der Waals surface area (Å²) >= 11 is 1.55. The zero-order valence-corrected chi connectivity index (χ0v) is 9.64. The first kappa shape index (κ1) is 11.2. The molecule has 2 rings (SSSR count). The summed E-state index contributed by atoms with van der Waals surface area (Å²) < 4.78 is 13.3. The fourth-order valence-corrected chi connectivity index (χ4v) is 2.36. The summed E-state index contributed by atoms with van der Waals surface area (Å²) in [6, 6.07) is 17.9. The van der Waals surface area contributed by atoms with Gasteiger partial charge in [0.05, 0.1) is 0 Å². The summed E-state index contributed by atoms with van der Waals surface area (Å²) in [5.74, 6) is 0.714. The van der Waals surface area contributed by atoms with Gasteiger partial charge in [0.25, 0.3) is 0 Å². The van der Waals surface area contributed by atoms with Crippen LogP contribution in [0.25, 0.3) is 0 Å². The monoisotopic (exact) mass is 231 g/mol. The average molecular weight is 231 g/mol. The van der Waals surface area contributed by atoms with Crippen molar-refractivity contribution in [3.05, 3.63) is 66.0 Å². The Hall–Kier alpha value is -1.28. The number of rotatable bonds is 4. The highest BCUT2D eigenvalue weighted by Crippen LogP contribution is 2.21. The quantitative estimate of drug-likeness (QED) is 0.718. The van der Waals surface area contributed by atoms with E-state index in [2.05, 4.69) is 18.2 Å². The number of halogens is 1. The van der Waals surface area contributed by atoms with Crippen LogP contribution in [0.4, 0.5) is 4.39 Å². The van der Waals surface area contributed by atoms with Crippen molar-refractivity contribution in [2.45, 2.75) is 11.3 Å². The van der Waals surface area contributed by atoms with Crippen molar-refractivity contribution in [2.75, 3.05) is 5.75 Å². The van der Waals surface area contributed by atoms with Crippen LogP contribution in [0.15, 0.2) is 53.4 Å². The molecule has 0 aliphatic heterocycles. The van der Waals surface area contributed by atoms with Gasteiger partial charge in [-0.1, -0.05) is 36.4 Å². The number of aryl methyl sites for hydroxylation is 1. The van der Waals surface area contributed by atoms with Crippen molar-refractivity contribution in [3.8, 4) is 0 Å². The predicted octanol–water partition coefficient (Wildman–Crippen LogP) is 3.96. The maximum atomic E-state index is 13.3. The van der Waals surface area contributed by atoms with Crippen molar-refractivity contribution >= 4 is 11.8 Å². The molecule has 0 heterocycles. The molecular formula is C14H12FS. The lowest BCUT2D eigenvalue weighted by Gasteiger charge is -2.02. The molecule has 2 heteroatoms. The first-order valence-corrected chi connectivity index (χ1v) is 6.17. The fourth-order valence-electron chi connectivity index (χ4n) is 1.44. The molecule has 0 aliphatic carbocycles. The molecule has 2 aromatic rings. The van der Waals surface area contributed by atoms with E-state index in [0.29, 0.717) is 4.90 Å². The van der Waals surface area contributed by atoms with Crippen LogP contribution in [0.5, 0.6) is 0 Å². The van der Waals surface area contributed by atoms with Gasteiger partial charge in [-0.15, -0.1) is 11.8 Å². The molecule has 0 atom stereocenters. The lowest BCUT2D eigenvalue weighted by Crippen LogP contribution is -1.89. The molecule has 0 saturated carbocycles. The van der Waals surface area contributed by atoms with Gasteiger partial charge in [0, 0.05) is 10.6 Å². The van der Waals surface area contributed by atoms with Crippen molar-refractivity contribution in [1.29, 1.82) is 0 Å². The minimum atomic E-state index is -0.180. The minimum absolute atomic E-state index is 0.180. The predicted molar refractivity (Wildman–Crippen MR) is 66.1 cm³/mol. The summed E-state index contributed by atoms with van der Waals surface area (Å²) in [7, 11) is 0. The van der Waals surface area contributed by atoms with Gasteiger partial charge in [-0.3, -0.25) is 0 Å². The Morgan fingerprint density at radius 2 is 1.94 bits per heavy atom. The van der Waals surface area contributed by atoms with E-state index in [-0.39, 0.29) is 5.82 Å². The smallest absolute Gasteiger partial charge is 0.137 e. The van der Waals surface area contributed by atoms with Gasteiger partial charge in [-0.25, -0.2) is 4.39 Å². The molecule has 81 valence electrons. The molecule has 16 heavy (non-hydrogen) atoms. The molecule has 0 aliphatic rings. The zero-order chi connectivity index (χ0) is 11.2. The largest absolute Gasteiger partial charge is 0.206 e. The highest BCUT2D eigenvalue weighted by molar-refractivity contribution is 7.99. The molecule has 0 fully saturated rings. The Morgan fingerprint density at radius 1 is 1.12 bits per heavy atom. The van der Waals surface area contributed by atoms with Crippen LogP contribution in [0, 0.1) is 11.9 Å². The minimum Gasteiger partial charge on any atom is -0.206 e. The summed E-state index contributed by atoms with van der Waals surface area (Å²) in [6.07, 6.45) is 0.962. The highest BCUT2D eigenvalue weighted by atomic mass is 32.2. The normalized spacial score (nSPS) is 10.3. The lowest BCUT2D eigenvalue weighted by molar-refractivity contribution is 0.601. The Balaban J connectivity index is 1.87. The molecule has 0 N–H and O–H groups in total. The summed E-state index contributed by atoms with van der Waals surface area (Å²) in [5, 5.41) is 0. The summed E-state index contributed by atoms with van der Waals surface area (Å²) in [6.45, 7) is 0. The van der Waals surface area contributed by atoms with Gasteiger partial charge < -0.3 is 0 Å². The maximum absolute atomic E-state index is 13.3. The first-order valence-electron chi connectivity index (χ1n) is 5.18. The fraction of sp³-hybridized carbons (Fsp3) is 0.143. The Kier molecular flexibility index (Phi) is 4.00. The Labute approximate surface area is 99.5 Å². The third-order valence-electron chi connectivity index (χ3n) is 2.27. The summed E-state index contributed by atoms with van der Waals surface area (Å²) in [5.41, 5.74) is 1.29. The molecule has 0 unspecified atom stereocenters. The molecular weight excluding hydrogens is 219 g/mol. The van der Waals surface area contributed by atoms with Crippen LogP contribution < -0.4 is 0 Å². The van der Waals surface area contributed by atoms with Gasteiger partial charge >= 0.3 is 0 Å². The maximum Gasteiger partial charge on any atom is 0.137 e. The SMILES string of the molecule is Fc1c[c]ccc1SCCc1ccccc1. The van der Waals surface area contributed by atoms with Gasteiger partial charge in [0.2, 0.25) is 0 Å². The lowest BCUT2D eigenvalue weighted by atomic mass is 10.2. The standard InChI is InChI=1S/C14H12FS/c15-13-8-4-5-9-14(13)16-11-10-12-6-2-1-3-7-12/h1-3,5-9H,10-11H2. The molecule has 0 saturated heterocycles. The van der Waals surface area contributed by atoms with Crippen molar-refractivity contribution < 1.29 is 4.39 Å². The van der Waals surface area contributed by atoms with E-state index in [1.807, 2.05) is 18.2 Å². The molecule has 0 spiro atoms. The zero-order valence-electron chi connectivity index (χ0n) is 8.82. The van der Waals surface area contributed by atoms with Gasteiger partial charge in [-0.05, 0) is 30.2 Å². The highest BCUT2D eigenvalue weighted by Gasteiger charge is 2.00. The number of thioether (sulfide) groups is 1. The van der Waals surface area contributed by atoms with Crippen molar-refractivity contribution in [3.63, 3.8) is 0 Å². The van der Waals surface area contributed by atoms with E-state index in [1.165, 1.54) is 11.6 Å². The Morgan fingerprint density at radius 3 is 2.69 bits per heavy atom. The van der Waals surface area contributed by atoms with Gasteiger partial charge in [-0.2, -0.15) is 0 Å². The third-order valence-corrected chi connectivity index (χ3v) is 3.32. The van der Waals surface area contributed by atoms with E-state index in [4.69, 9.17) is 0 Å². The Bertz CT molecular complexity index is 439. The second kappa shape index (κ2) is 5.71. The second-order valence-electron chi connectivity index (χ2n) is 3.44. The van der Waals surface area contributed by atoms with Gasteiger partial charge in [0.15, 0.2) is 0 Å². The topological polar surface area (TPSA) is 0 Å². The molecule has 0 nitrogen and oxygen atoms in total. The first-order chi connectivity index (χ1) is 7.86. The number of hydrogen-bond acceptors (Lipinski definition) is 1. The van der Waals surface area contributed by atoms with Crippen molar-refractivity contribution in [1.82, 2.24) is 0 Å². The number of hydrogen-bond donors (Lipinski definition) is 0.